The number of aliphatic hydroxyl groups excluding tert-OH is 1. The van der Waals surface area contributed by atoms with E-state index in [-0.39, 0.29) is 53.3 Å². The van der Waals surface area contributed by atoms with Crippen molar-refractivity contribution in [2.45, 2.75) is 95.4 Å². The van der Waals surface area contributed by atoms with Gasteiger partial charge < -0.3 is 19.5 Å². The van der Waals surface area contributed by atoms with E-state index < -0.39 is 29.4 Å². The van der Waals surface area contributed by atoms with Crippen molar-refractivity contribution in [3.05, 3.63) is 47.7 Å². The van der Waals surface area contributed by atoms with Crippen LogP contribution in [0.3, 0.4) is 0 Å². The van der Waals surface area contributed by atoms with Crippen LogP contribution in [0.1, 0.15) is 76.7 Å². The second-order valence-electron chi connectivity index (χ2n) is 16.2. The number of esters is 1. The molecular formula is C41H46F3N5O4. The van der Waals surface area contributed by atoms with Crippen LogP contribution in [0.2, 0.25) is 0 Å². The number of rotatable bonds is 8. The first kappa shape index (κ1) is 34.7. The molecule has 2 aromatic carbocycles. The monoisotopic (exact) mass is 729 g/mol. The number of alkyl halides is 1. The lowest BCUT2D eigenvalue weighted by Gasteiger charge is -2.34. The fraction of sp³-hybridized carbons (Fsp3) is 0.561. The number of aromatic nitrogens is 3. The van der Waals surface area contributed by atoms with Gasteiger partial charge in [0.2, 0.25) is 0 Å². The number of pyridine rings is 1. The van der Waals surface area contributed by atoms with Gasteiger partial charge in [-0.25, -0.2) is 13.2 Å². The Morgan fingerprint density at radius 1 is 1.06 bits per heavy atom. The normalized spacial score (nSPS) is 27.5. The summed E-state index contributed by atoms with van der Waals surface area (Å²) >= 11 is 0. The van der Waals surface area contributed by atoms with Crippen molar-refractivity contribution >= 4 is 33.5 Å². The van der Waals surface area contributed by atoms with Gasteiger partial charge in [-0.05, 0) is 91.9 Å². The number of aliphatic hydroxyl groups is 1. The van der Waals surface area contributed by atoms with Crippen LogP contribution in [0.5, 0.6) is 11.8 Å². The molecule has 5 atom stereocenters. The predicted molar refractivity (Wildman–Crippen MR) is 195 cm³/mol. The molecule has 12 heteroatoms. The first-order valence-corrected chi connectivity index (χ1v) is 19.5. The SMILES string of the molecule is CCc1c(F)ccc2cc(OC(=O)C3CCCCC3)cc(-c3ncc4c(N5C[C@@H]6C[C@H](C5)[C@H](O)C6)nc(OC[C@@]56CCCN5C[C@H](F)C6)nc4c3F)c12. The number of hydrogen-bond donors (Lipinski definition) is 1. The molecule has 3 aliphatic heterocycles. The highest BCUT2D eigenvalue weighted by atomic mass is 19.1. The highest BCUT2D eigenvalue weighted by Gasteiger charge is 2.49. The zero-order valence-corrected chi connectivity index (χ0v) is 30.1. The summed E-state index contributed by atoms with van der Waals surface area (Å²) in [6.07, 6.45) is 8.89. The highest BCUT2D eigenvalue weighted by molar-refractivity contribution is 6.02. The Labute approximate surface area is 306 Å². The number of anilines is 1. The fourth-order valence-electron chi connectivity index (χ4n) is 10.2. The highest BCUT2D eigenvalue weighted by Crippen LogP contribution is 2.44. The number of nitrogens with zero attached hydrogens (tertiary/aromatic N) is 5. The van der Waals surface area contributed by atoms with Crippen LogP contribution in [0, 0.1) is 29.4 Å². The fourth-order valence-corrected chi connectivity index (χ4v) is 10.2. The molecule has 9 rings (SSSR count). The molecule has 0 unspecified atom stereocenters. The van der Waals surface area contributed by atoms with E-state index in [9.17, 15) is 14.3 Å². The van der Waals surface area contributed by atoms with Gasteiger partial charge in [-0.3, -0.25) is 14.7 Å². The first-order chi connectivity index (χ1) is 25.7. The van der Waals surface area contributed by atoms with Crippen molar-refractivity contribution in [1.29, 1.82) is 0 Å². The quantitative estimate of drug-likeness (QED) is 0.148. The maximum absolute atomic E-state index is 17.3. The lowest BCUT2D eigenvalue weighted by molar-refractivity contribution is -0.139. The van der Waals surface area contributed by atoms with Crippen LogP contribution in [-0.4, -0.2) is 81.5 Å². The van der Waals surface area contributed by atoms with Crippen LogP contribution >= 0.6 is 0 Å². The third kappa shape index (κ3) is 6.19. The molecule has 0 radical (unpaired) electrons. The first-order valence-electron chi connectivity index (χ1n) is 19.5. The summed E-state index contributed by atoms with van der Waals surface area (Å²) in [4.78, 5) is 31.7. The van der Waals surface area contributed by atoms with Gasteiger partial charge in [-0.1, -0.05) is 32.3 Å². The Morgan fingerprint density at radius 2 is 1.91 bits per heavy atom. The molecule has 3 saturated heterocycles. The van der Waals surface area contributed by atoms with Gasteiger partial charge in [-0.2, -0.15) is 9.97 Å². The third-order valence-electron chi connectivity index (χ3n) is 12.8. The summed E-state index contributed by atoms with van der Waals surface area (Å²) in [5.74, 6) is -0.606. The van der Waals surface area contributed by atoms with E-state index in [1.165, 1.54) is 6.07 Å². The van der Waals surface area contributed by atoms with Gasteiger partial charge in [0.25, 0.3) is 0 Å². The minimum Gasteiger partial charge on any atom is -0.461 e. The second kappa shape index (κ2) is 13.7. The Hall–Kier alpha value is -4.03. The number of fused-ring (bicyclic) bond motifs is 5. The molecule has 2 aromatic heterocycles. The predicted octanol–water partition coefficient (Wildman–Crippen LogP) is 7.33. The third-order valence-corrected chi connectivity index (χ3v) is 12.8. The Balaban J connectivity index is 1.16. The number of hydrogen-bond acceptors (Lipinski definition) is 9. The summed E-state index contributed by atoms with van der Waals surface area (Å²) in [6, 6.07) is 6.29. The van der Waals surface area contributed by atoms with Crippen LogP contribution in [0.15, 0.2) is 30.5 Å². The van der Waals surface area contributed by atoms with Gasteiger partial charge in [-0.15, -0.1) is 0 Å². The maximum Gasteiger partial charge on any atom is 0.319 e. The Morgan fingerprint density at radius 3 is 2.72 bits per heavy atom. The van der Waals surface area contributed by atoms with E-state index in [2.05, 4.69) is 19.8 Å². The molecular weight excluding hydrogens is 683 g/mol. The molecule has 4 aromatic rings. The van der Waals surface area contributed by atoms with Gasteiger partial charge in [0.15, 0.2) is 5.82 Å². The number of benzene rings is 2. The summed E-state index contributed by atoms with van der Waals surface area (Å²) < 4.78 is 59.6. The van der Waals surface area contributed by atoms with Crippen molar-refractivity contribution in [3.8, 4) is 23.0 Å². The molecule has 9 nitrogen and oxygen atoms in total. The van der Waals surface area contributed by atoms with Gasteiger partial charge >= 0.3 is 12.0 Å². The average molecular weight is 730 g/mol. The number of aryl methyl sites for hydroxylation is 1. The van der Waals surface area contributed by atoms with Gasteiger partial charge in [0.1, 0.15) is 41.4 Å². The molecule has 0 amide bonds. The smallest absolute Gasteiger partial charge is 0.319 e. The number of carbonyl (C=O) groups is 1. The van der Waals surface area contributed by atoms with E-state index in [1.54, 1.807) is 24.4 Å². The van der Waals surface area contributed by atoms with E-state index >= 15 is 8.78 Å². The van der Waals surface area contributed by atoms with Crippen LogP contribution in [0.4, 0.5) is 19.0 Å². The molecule has 1 N–H and O–H groups in total. The average Bonchev–Trinajstić information content (AvgIpc) is 3.78. The lowest BCUT2D eigenvalue weighted by Crippen LogP contribution is -2.43. The molecule has 53 heavy (non-hydrogen) atoms. The topological polar surface area (TPSA) is 101 Å². The zero-order valence-electron chi connectivity index (χ0n) is 30.1. The van der Waals surface area contributed by atoms with Crippen molar-refractivity contribution in [3.63, 3.8) is 0 Å². The summed E-state index contributed by atoms with van der Waals surface area (Å²) in [5, 5.41) is 12.2. The largest absolute Gasteiger partial charge is 0.461 e. The molecule has 0 spiro atoms. The van der Waals surface area contributed by atoms with Crippen LogP contribution in [0.25, 0.3) is 32.9 Å². The molecule has 280 valence electrons. The molecule has 2 bridgehead atoms. The molecule has 5 heterocycles. The van der Waals surface area contributed by atoms with E-state index in [4.69, 9.17) is 14.5 Å². The van der Waals surface area contributed by atoms with Crippen LogP contribution in [-0.2, 0) is 11.2 Å². The Bertz CT molecular complexity index is 2080. The van der Waals surface area contributed by atoms with Crippen LogP contribution < -0.4 is 14.4 Å². The molecule has 5 fully saturated rings. The zero-order chi connectivity index (χ0) is 36.4. The maximum atomic E-state index is 17.3. The molecule has 2 aliphatic carbocycles. The molecule has 2 saturated carbocycles. The van der Waals surface area contributed by atoms with E-state index in [1.807, 2.05) is 6.92 Å². The van der Waals surface area contributed by atoms with Crippen molar-refractivity contribution in [1.82, 2.24) is 19.9 Å². The standard InChI is InChI=1S/C41H46F3N5O4/c1-2-29-32(43)10-9-25-15-28(53-39(51)24-7-4-3-5-8-24)16-30(34(25)29)36-35(44)37-31(18-45-36)38(48-19-23-13-26(20-48)33(50)14-23)47-40(46-37)52-22-41-11-6-12-49(41)21-27(42)17-41/h9-10,15-16,18,23-24,26-27,33,50H,2-8,11-14,17,19-22H2,1H3/t23-,26-,27-,33-,41+/m1/s1. The van der Waals surface area contributed by atoms with E-state index in [0.29, 0.717) is 72.0 Å². The minimum absolute atomic E-state index is 0.00348. The lowest BCUT2D eigenvalue weighted by atomic mass is 9.89. The number of ether oxygens (including phenoxy) is 2. The van der Waals surface area contributed by atoms with Crippen molar-refractivity contribution < 1.29 is 32.5 Å². The second-order valence-corrected chi connectivity index (χ2v) is 16.2. The molecule has 5 aliphatic rings. The number of carbonyl (C=O) groups excluding carboxylic acids is 1. The number of piperidine rings is 1. The summed E-state index contributed by atoms with van der Waals surface area (Å²) in [7, 11) is 0. The van der Waals surface area contributed by atoms with Gasteiger partial charge in [0.05, 0.1) is 22.9 Å². The minimum atomic E-state index is -0.932. The number of halogens is 3. The summed E-state index contributed by atoms with van der Waals surface area (Å²) in [6.45, 7) is 4.39. The van der Waals surface area contributed by atoms with Crippen molar-refractivity contribution in [2.75, 3.05) is 37.7 Å². The summed E-state index contributed by atoms with van der Waals surface area (Å²) in [5.41, 5.74) is 0.188. The van der Waals surface area contributed by atoms with Crippen molar-refractivity contribution in [2.24, 2.45) is 17.8 Å². The van der Waals surface area contributed by atoms with Gasteiger partial charge in [0, 0.05) is 43.7 Å². The Kier molecular flexibility index (Phi) is 8.96. The van der Waals surface area contributed by atoms with E-state index in [0.717, 1.165) is 57.9 Å².